The van der Waals surface area contributed by atoms with Crippen LogP contribution < -0.4 is 5.32 Å². The summed E-state index contributed by atoms with van der Waals surface area (Å²) in [4.78, 5) is 32.8. The van der Waals surface area contributed by atoms with Crippen LogP contribution in [0.15, 0.2) is 18.2 Å². The van der Waals surface area contributed by atoms with Gasteiger partial charge in [0.2, 0.25) is 0 Å². The van der Waals surface area contributed by atoms with E-state index in [0.29, 0.717) is 11.8 Å². The van der Waals surface area contributed by atoms with Crippen LogP contribution in [0.5, 0.6) is 0 Å². The van der Waals surface area contributed by atoms with Gasteiger partial charge in [0, 0.05) is 18.2 Å². The van der Waals surface area contributed by atoms with E-state index >= 15 is 0 Å². The molecule has 0 aliphatic heterocycles. The van der Waals surface area contributed by atoms with Gasteiger partial charge in [-0.15, -0.1) is 0 Å². The van der Waals surface area contributed by atoms with E-state index in [0.717, 1.165) is 30.5 Å². The maximum Gasteiger partial charge on any atom is 0.277 e. The van der Waals surface area contributed by atoms with E-state index in [1.807, 2.05) is 6.92 Å². The Morgan fingerprint density at radius 1 is 1.12 bits per heavy atom. The predicted octanol–water partition coefficient (Wildman–Crippen LogP) is 3.06. The number of nitrogens with one attached hydrogen (secondary N) is 1. The van der Waals surface area contributed by atoms with Crippen molar-refractivity contribution in [1.29, 1.82) is 0 Å². The van der Waals surface area contributed by atoms with Gasteiger partial charge in [-0.1, -0.05) is 6.42 Å². The van der Waals surface area contributed by atoms with Gasteiger partial charge >= 0.3 is 0 Å². The molecule has 2 aliphatic rings. The first-order valence-electron chi connectivity index (χ1n) is 8.10. The van der Waals surface area contributed by atoms with Crippen molar-refractivity contribution in [2.45, 2.75) is 38.6 Å². The second kappa shape index (κ2) is 6.18. The van der Waals surface area contributed by atoms with Gasteiger partial charge in [0.25, 0.3) is 17.3 Å². The molecule has 0 heterocycles. The lowest BCUT2D eigenvalue weighted by Crippen LogP contribution is -2.40. The van der Waals surface area contributed by atoms with Crippen molar-refractivity contribution in [3.63, 3.8) is 0 Å². The minimum atomic E-state index is -0.733. The summed E-state index contributed by atoms with van der Waals surface area (Å²) in [6, 6.07) is 2.97. The Kier molecular flexibility index (Phi) is 4.21. The summed E-state index contributed by atoms with van der Waals surface area (Å²) in [5.74, 6) is 1.29. The highest BCUT2D eigenvalue weighted by Gasteiger charge is 2.42. The number of nitro groups is 2. The molecule has 8 nitrogen and oxygen atoms in total. The average molecular weight is 333 g/mol. The summed E-state index contributed by atoms with van der Waals surface area (Å²) in [5.41, 5.74) is -0.963. The van der Waals surface area contributed by atoms with Crippen molar-refractivity contribution >= 4 is 17.3 Å². The molecule has 2 bridgehead atoms. The van der Waals surface area contributed by atoms with E-state index in [9.17, 15) is 25.0 Å². The molecule has 2 saturated carbocycles. The van der Waals surface area contributed by atoms with Gasteiger partial charge in [0.05, 0.1) is 21.5 Å². The number of nitro benzene ring substituents is 2. The van der Waals surface area contributed by atoms with Gasteiger partial charge in [-0.3, -0.25) is 25.0 Å². The molecule has 0 unspecified atom stereocenters. The van der Waals surface area contributed by atoms with Gasteiger partial charge in [-0.05, 0) is 43.9 Å². The van der Waals surface area contributed by atoms with Crippen LogP contribution in [0.4, 0.5) is 11.4 Å². The molecule has 1 aromatic rings. The highest BCUT2D eigenvalue weighted by molar-refractivity contribution is 5.95. The Hall–Kier alpha value is -2.51. The van der Waals surface area contributed by atoms with Crippen LogP contribution in [-0.4, -0.2) is 21.8 Å². The van der Waals surface area contributed by atoms with Crippen molar-refractivity contribution < 1.29 is 14.6 Å². The van der Waals surface area contributed by atoms with Crippen LogP contribution in [-0.2, 0) is 0 Å². The Labute approximate surface area is 138 Å². The summed E-state index contributed by atoms with van der Waals surface area (Å²) in [6.07, 6.45) is 4.77. The molecule has 128 valence electrons. The fourth-order valence-electron chi connectivity index (χ4n) is 4.24. The quantitative estimate of drug-likeness (QED) is 0.656. The molecule has 3 rings (SSSR count). The van der Waals surface area contributed by atoms with Gasteiger partial charge in [-0.25, -0.2) is 0 Å². The van der Waals surface area contributed by atoms with E-state index in [1.54, 1.807) is 0 Å². The molecule has 24 heavy (non-hydrogen) atoms. The second-order valence-electron chi connectivity index (χ2n) is 6.85. The van der Waals surface area contributed by atoms with Gasteiger partial charge in [0.15, 0.2) is 0 Å². The van der Waals surface area contributed by atoms with Crippen LogP contribution in [0.1, 0.15) is 43.0 Å². The summed E-state index contributed by atoms with van der Waals surface area (Å²) in [7, 11) is 0. The van der Waals surface area contributed by atoms with Crippen molar-refractivity contribution in [1.82, 2.24) is 5.32 Å². The highest BCUT2D eigenvalue weighted by Crippen LogP contribution is 2.49. The summed E-state index contributed by atoms with van der Waals surface area (Å²) >= 11 is 0. The molecule has 2 fully saturated rings. The normalized spacial score (nSPS) is 26.1. The Balaban J connectivity index is 1.76. The first kappa shape index (κ1) is 16.4. The topological polar surface area (TPSA) is 115 Å². The van der Waals surface area contributed by atoms with Crippen molar-refractivity contribution in [3.8, 4) is 0 Å². The number of carbonyl (C=O) groups is 1. The van der Waals surface area contributed by atoms with Crippen LogP contribution in [0.3, 0.4) is 0 Å². The lowest BCUT2D eigenvalue weighted by Gasteiger charge is -2.28. The summed E-state index contributed by atoms with van der Waals surface area (Å²) in [5, 5.41) is 24.7. The third-order valence-electron chi connectivity index (χ3n) is 5.38. The molecule has 0 saturated heterocycles. The van der Waals surface area contributed by atoms with E-state index in [1.165, 1.54) is 19.3 Å². The van der Waals surface area contributed by atoms with Gasteiger partial charge < -0.3 is 5.32 Å². The number of rotatable bonds is 5. The molecule has 0 spiro atoms. The van der Waals surface area contributed by atoms with E-state index < -0.39 is 27.1 Å². The zero-order valence-electron chi connectivity index (χ0n) is 13.3. The zero-order valence-corrected chi connectivity index (χ0v) is 13.3. The molecular weight excluding hydrogens is 314 g/mol. The number of benzene rings is 1. The molecule has 2 aliphatic carbocycles. The number of amides is 1. The SMILES string of the molecule is C[C@@H](NC(=O)c1cc([N+](=O)[O-])cc([N+](=O)[O-])c1)[C@H]1C[C@H]2CC[C@H]1C2. The number of fused-ring (bicyclic) bond motifs is 2. The van der Waals surface area contributed by atoms with Crippen LogP contribution in [0, 0.1) is 38.0 Å². The number of hydrogen-bond acceptors (Lipinski definition) is 5. The molecular formula is C16H19N3O5. The molecule has 8 heteroatoms. The summed E-state index contributed by atoms with van der Waals surface area (Å²) in [6.45, 7) is 1.94. The van der Waals surface area contributed by atoms with E-state index in [2.05, 4.69) is 5.32 Å². The molecule has 1 aromatic carbocycles. The predicted molar refractivity (Wildman–Crippen MR) is 85.6 cm³/mol. The standard InChI is InChI=1S/C16H19N3O5/c1-9(15-5-10-2-3-11(15)4-10)17-16(20)12-6-13(18(21)22)8-14(7-12)19(23)24/h6-11,15H,2-5H2,1H3,(H,17,20)/t9-,10+,11+,15-/m1/s1. The number of hydrogen-bond donors (Lipinski definition) is 1. The second-order valence-corrected chi connectivity index (χ2v) is 6.85. The smallest absolute Gasteiger partial charge is 0.277 e. The van der Waals surface area contributed by atoms with Gasteiger partial charge in [0.1, 0.15) is 0 Å². The fourth-order valence-corrected chi connectivity index (χ4v) is 4.24. The van der Waals surface area contributed by atoms with E-state index in [4.69, 9.17) is 0 Å². The Morgan fingerprint density at radius 3 is 2.21 bits per heavy atom. The minimum absolute atomic E-state index is 0.0499. The third kappa shape index (κ3) is 3.08. The zero-order chi connectivity index (χ0) is 17.4. The monoisotopic (exact) mass is 333 g/mol. The first-order valence-corrected chi connectivity index (χ1v) is 8.10. The first-order chi connectivity index (χ1) is 11.3. The maximum atomic E-state index is 12.4. The summed E-state index contributed by atoms with van der Waals surface area (Å²) < 4.78 is 0. The van der Waals surface area contributed by atoms with Crippen LogP contribution in [0.25, 0.3) is 0 Å². The number of non-ortho nitro benzene ring substituents is 2. The molecule has 1 N–H and O–H groups in total. The molecule has 0 radical (unpaired) electrons. The molecule has 0 aromatic heterocycles. The third-order valence-corrected chi connectivity index (χ3v) is 5.38. The van der Waals surface area contributed by atoms with Crippen molar-refractivity contribution in [2.75, 3.05) is 0 Å². The van der Waals surface area contributed by atoms with Crippen molar-refractivity contribution in [2.24, 2.45) is 17.8 Å². The largest absolute Gasteiger partial charge is 0.349 e. The maximum absolute atomic E-state index is 12.4. The lowest BCUT2D eigenvalue weighted by molar-refractivity contribution is -0.394. The fraction of sp³-hybridized carbons (Fsp3) is 0.562. The lowest BCUT2D eigenvalue weighted by atomic mass is 9.84. The van der Waals surface area contributed by atoms with E-state index in [-0.39, 0.29) is 11.6 Å². The van der Waals surface area contributed by atoms with Gasteiger partial charge in [-0.2, -0.15) is 0 Å². The molecule has 1 amide bonds. The average Bonchev–Trinajstić information content (AvgIpc) is 3.17. The number of carbonyl (C=O) groups excluding carboxylic acids is 1. The number of nitrogens with zero attached hydrogens (tertiary/aromatic N) is 2. The van der Waals surface area contributed by atoms with Crippen LogP contribution >= 0.6 is 0 Å². The minimum Gasteiger partial charge on any atom is -0.349 e. The van der Waals surface area contributed by atoms with Crippen LogP contribution in [0.2, 0.25) is 0 Å². The highest BCUT2D eigenvalue weighted by atomic mass is 16.6. The Morgan fingerprint density at radius 2 is 1.75 bits per heavy atom. The van der Waals surface area contributed by atoms with Crippen molar-refractivity contribution in [3.05, 3.63) is 44.0 Å². The Bertz CT molecular complexity index is 673. The molecule has 4 atom stereocenters.